The van der Waals surface area contributed by atoms with Crippen molar-refractivity contribution in [3.63, 3.8) is 0 Å². The summed E-state index contributed by atoms with van der Waals surface area (Å²) in [6, 6.07) is 10.8. The fraction of sp³-hybridized carbons (Fsp3) is 0.409. The Morgan fingerprint density at radius 2 is 1.71 bits per heavy atom. The number of benzene rings is 2. The molecule has 150 valence electrons. The molecule has 28 heavy (non-hydrogen) atoms. The zero-order valence-corrected chi connectivity index (χ0v) is 16.6. The fourth-order valence-corrected chi connectivity index (χ4v) is 2.85. The van der Waals surface area contributed by atoms with Gasteiger partial charge in [-0.1, -0.05) is 19.9 Å². The lowest BCUT2D eigenvalue weighted by atomic mass is 10.1. The third kappa shape index (κ3) is 4.68. The highest BCUT2D eigenvalue weighted by Crippen LogP contribution is 2.33. The van der Waals surface area contributed by atoms with Gasteiger partial charge in [0.25, 0.3) is 5.91 Å². The molecule has 1 heterocycles. The van der Waals surface area contributed by atoms with Crippen molar-refractivity contribution in [2.24, 2.45) is 0 Å². The third-order valence-corrected chi connectivity index (χ3v) is 4.37. The van der Waals surface area contributed by atoms with Gasteiger partial charge in [-0.25, -0.2) is 0 Å². The normalized spacial score (nSPS) is 13.1. The largest absolute Gasteiger partial charge is 0.490 e. The standard InChI is InChI=1S/C22H27NO5/c1-4-10-25-18-8-6-16(12-20(18)26-11-5-2)15(3)23-22(24)17-7-9-19-21(13-17)28-14-27-19/h6-9,12-13,15H,4-5,10-11,14H2,1-3H3,(H,23,24)/t15-/m0/s1. The molecule has 0 radical (unpaired) electrons. The summed E-state index contributed by atoms with van der Waals surface area (Å²) in [7, 11) is 0. The third-order valence-electron chi connectivity index (χ3n) is 4.37. The minimum absolute atomic E-state index is 0.173. The molecular formula is C22H27NO5. The minimum atomic E-state index is -0.192. The number of nitrogens with one attached hydrogen (secondary N) is 1. The molecule has 0 spiro atoms. The van der Waals surface area contributed by atoms with Crippen LogP contribution < -0.4 is 24.3 Å². The first-order valence-electron chi connectivity index (χ1n) is 9.72. The van der Waals surface area contributed by atoms with Crippen molar-refractivity contribution in [3.05, 3.63) is 47.5 Å². The van der Waals surface area contributed by atoms with Crippen LogP contribution in [0, 0.1) is 0 Å². The second-order valence-electron chi connectivity index (χ2n) is 6.67. The highest BCUT2D eigenvalue weighted by atomic mass is 16.7. The van der Waals surface area contributed by atoms with Gasteiger partial charge < -0.3 is 24.3 Å². The minimum Gasteiger partial charge on any atom is -0.490 e. The van der Waals surface area contributed by atoms with E-state index in [9.17, 15) is 4.79 Å². The van der Waals surface area contributed by atoms with Crippen LogP contribution in [0.1, 0.15) is 55.6 Å². The van der Waals surface area contributed by atoms with E-state index in [1.54, 1.807) is 18.2 Å². The summed E-state index contributed by atoms with van der Waals surface area (Å²) in [5, 5.41) is 3.02. The number of hydrogen-bond acceptors (Lipinski definition) is 5. The molecule has 6 nitrogen and oxygen atoms in total. The molecule has 0 saturated carbocycles. The maximum Gasteiger partial charge on any atom is 0.251 e. The van der Waals surface area contributed by atoms with Crippen molar-refractivity contribution >= 4 is 5.91 Å². The molecule has 0 bridgehead atoms. The van der Waals surface area contributed by atoms with Crippen LogP contribution in [-0.2, 0) is 0 Å². The quantitative estimate of drug-likeness (QED) is 0.689. The first-order chi connectivity index (χ1) is 13.6. The highest BCUT2D eigenvalue weighted by molar-refractivity contribution is 5.95. The lowest BCUT2D eigenvalue weighted by molar-refractivity contribution is 0.0939. The first-order valence-corrected chi connectivity index (χ1v) is 9.72. The summed E-state index contributed by atoms with van der Waals surface area (Å²) in [6.45, 7) is 7.50. The number of carbonyl (C=O) groups excluding carboxylic acids is 1. The van der Waals surface area contributed by atoms with E-state index in [0.717, 1.165) is 24.2 Å². The number of rotatable bonds is 9. The van der Waals surface area contributed by atoms with Crippen LogP contribution in [0.2, 0.25) is 0 Å². The molecule has 6 heteroatoms. The first kappa shape index (κ1) is 19.9. The number of amides is 1. The maximum atomic E-state index is 12.6. The number of carbonyl (C=O) groups is 1. The molecule has 3 rings (SSSR count). The van der Waals surface area contributed by atoms with Crippen molar-refractivity contribution in [2.75, 3.05) is 20.0 Å². The second-order valence-corrected chi connectivity index (χ2v) is 6.67. The van der Waals surface area contributed by atoms with Crippen molar-refractivity contribution < 1.29 is 23.7 Å². The van der Waals surface area contributed by atoms with Crippen LogP contribution >= 0.6 is 0 Å². The van der Waals surface area contributed by atoms with Gasteiger partial charge in [-0.15, -0.1) is 0 Å². The van der Waals surface area contributed by atoms with Gasteiger partial charge in [0, 0.05) is 5.56 Å². The van der Waals surface area contributed by atoms with E-state index in [0.29, 0.717) is 36.0 Å². The predicted octanol–water partition coefficient (Wildman–Crippen LogP) is 4.48. The predicted molar refractivity (Wildman–Crippen MR) is 106 cm³/mol. The molecule has 0 fully saturated rings. The van der Waals surface area contributed by atoms with Gasteiger partial charge in [-0.3, -0.25) is 4.79 Å². The molecule has 2 aromatic carbocycles. The Kier molecular flexibility index (Phi) is 6.63. The van der Waals surface area contributed by atoms with E-state index < -0.39 is 0 Å². The van der Waals surface area contributed by atoms with E-state index in [1.807, 2.05) is 25.1 Å². The van der Waals surface area contributed by atoms with Crippen molar-refractivity contribution in [1.82, 2.24) is 5.32 Å². The van der Waals surface area contributed by atoms with Gasteiger partial charge in [0.05, 0.1) is 19.3 Å². The Morgan fingerprint density at radius 3 is 2.46 bits per heavy atom. The lowest BCUT2D eigenvalue weighted by Gasteiger charge is -2.18. The van der Waals surface area contributed by atoms with Crippen LogP contribution in [0.3, 0.4) is 0 Å². The van der Waals surface area contributed by atoms with Crippen LogP contribution in [0.25, 0.3) is 0 Å². The average molecular weight is 385 g/mol. The van der Waals surface area contributed by atoms with Crippen LogP contribution in [-0.4, -0.2) is 25.9 Å². The van der Waals surface area contributed by atoms with E-state index in [-0.39, 0.29) is 18.7 Å². The lowest BCUT2D eigenvalue weighted by Crippen LogP contribution is -2.26. The Hall–Kier alpha value is -2.89. The van der Waals surface area contributed by atoms with Gasteiger partial charge >= 0.3 is 0 Å². The fourth-order valence-electron chi connectivity index (χ4n) is 2.85. The molecule has 0 aliphatic carbocycles. The molecule has 0 aromatic heterocycles. The van der Waals surface area contributed by atoms with Gasteiger partial charge in [0.1, 0.15) is 0 Å². The van der Waals surface area contributed by atoms with E-state index in [2.05, 4.69) is 19.2 Å². The smallest absolute Gasteiger partial charge is 0.251 e. The summed E-state index contributed by atoms with van der Waals surface area (Å²) in [4.78, 5) is 12.6. The Labute approximate surface area is 165 Å². The Bertz CT molecular complexity index is 821. The summed E-state index contributed by atoms with van der Waals surface area (Å²) in [6.07, 6.45) is 1.84. The summed E-state index contributed by atoms with van der Waals surface area (Å²) in [5.41, 5.74) is 1.48. The SMILES string of the molecule is CCCOc1ccc([C@H](C)NC(=O)c2ccc3c(c2)OCO3)cc1OCCC. The van der Waals surface area contributed by atoms with Crippen molar-refractivity contribution in [3.8, 4) is 23.0 Å². The Balaban J connectivity index is 1.71. The number of ether oxygens (including phenoxy) is 4. The summed E-state index contributed by atoms with van der Waals surface area (Å²) in [5.74, 6) is 2.51. The van der Waals surface area contributed by atoms with Crippen molar-refractivity contribution in [2.45, 2.75) is 39.7 Å². The average Bonchev–Trinajstić information content (AvgIpc) is 3.18. The second kappa shape index (κ2) is 9.35. The highest BCUT2D eigenvalue weighted by Gasteiger charge is 2.18. The van der Waals surface area contributed by atoms with Gasteiger partial charge in [-0.2, -0.15) is 0 Å². The maximum absolute atomic E-state index is 12.6. The summed E-state index contributed by atoms with van der Waals surface area (Å²) < 4.78 is 22.3. The van der Waals surface area contributed by atoms with E-state index in [4.69, 9.17) is 18.9 Å². The molecule has 1 aliphatic heterocycles. The van der Waals surface area contributed by atoms with Gasteiger partial charge in [-0.05, 0) is 55.7 Å². The molecule has 0 unspecified atom stereocenters. The molecular weight excluding hydrogens is 358 g/mol. The zero-order chi connectivity index (χ0) is 19.9. The van der Waals surface area contributed by atoms with Gasteiger partial charge in [0.2, 0.25) is 6.79 Å². The molecule has 1 atom stereocenters. The van der Waals surface area contributed by atoms with Crippen LogP contribution in [0.15, 0.2) is 36.4 Å². The molecule has 1 amide bonds. The van der Waals surface area contributed by atoms with E-state index >= 15 is 0 Å². The zero-order valence-electron chi connectivity index (χ0n) is 16.6. The number of fused-ring (bicyclic) bond motifs is 1. The van der Waals surface area contributed by atoms with E-state index in [1.165, 1.54) is 0 Å². The molecule has 1 N–H and O–H groups in total. The Morgan fingerprint density at radius 1 is 1.00 bits per heavy atom. The molecule has 2 aromatic rings. The topological polar surface area (TPSA) is 66.0 Å². The summed E-state index contributed by atoms with van der Waals surface area (Å²) >= 11 is 0. The van der Waals surface area contributed by atoms with Crippen LogP contribution in [0.4, 0.5) is 0 Å². The van der Waals surface area contributed by atoms with Gasteiger partial charge in [0.15, 0.2) is 23.0 Å². The molecule has 0 saturated heterocycles. The van der Waals surface area contributed by atoms with Crippen molar-refractivity contribution in [1.29, 1.82) is 0 Å². The molecule has 1 aliphatic rings. The monoisotopic (exact) mass is 385 g/mol. The van der Waals surface area contributed by atoms with Crippen LogP contribution in [0.5, 0.6) is 23.0 Å². The number of hydrogen-bond donors (Lipinski definition) is 1.